The summed E-state index contributed by atoms with van der Waals surface area (Å²) in [6.45, 7) is 2.88. The van der Waals surface area contributed by atoms with Gasteiger partial charge in [-0.15, -0.1) is 10.2 Å². The Kier molecular flexibility index (Phi) is 3.84. The largest absolute Gasteiger partial charge is 0.362 e. The van der Waals surface area contributed by atoms with Crippen LogP contribution in [0.4, 0.5) is 5.82 Å². The molecule has 0 saturated heterocycles. The summed E-state index contributed by atoms with van der Waals surface area (Å²) in [6.07, 6.45) is 4.81. The smallest absolute Gasteiger partial charge is 0.151 e. The number of hydrogen-bond donors (Lipinski definition) is 2. The fourth-order valence-corrected chi connectivity index (χ4v) is 2.69. The molecule has 0 spiro atoms. The fraction of sp³-hybridized carbons (Fsp3) is 0.667. The van der Waals surface area contributed by atoms with Gasteiger partial charge in [0.15, 0.2) is 5.15 Å². The lowest BCUT2D eigenvalue weighted by Crippen LogP contribution is -2.52. The van der Waals surface area contributed by atoms with Crippen LogP contribution >= 0.6 is 11.6 Å². The van der Waals surface area contributed by atoms with E-state index in [0.29, 0.717) is 17.6 Å². The first-order chi connectivity index (χ1) is 8.16. The van der Waals surface area contributed by atoms with E-state index in [2.05, 4.69) is 22.4 Å². The molecule has 0 aliphatic heterocycles. The van der Waals surface area contributed by atoms with Gasteiger partial charge in [-0.1, -0.05) is 31.4 Å². The summed E-state index contributed by atoms with van der Waals surface area (Å²) in [5, 5.41) is 11.8. The molecule has 2 rings (SSSR count). The quantitative estimate of drug-likeness (QED) is 0.870. The van der Waals surface area contributed by atoms with Gasteiger partial charge in [-0.2, -0.15) is 0 Å². The SMILES string of the molecule is CC1CCCCC1(CN)Nc1ccc(Cl)nn1. The number of nitrogens with zero attached hydrogens (tertiary/aromatic N) is 2. The Balaban J connectivity index is 2.15. The van der Waals surface area contributed by atoms with Gasteiger partial charge >= 0.3 is 0 Å². The lowest BCUT2D eigenvalue weighted by molar-refractivity contribution is 0.235. The van der Waals surface area contributed by atoms with Crippen LogP contribution in [0, 0.1) is 5.92 Å². The third-order valence-corrected chi connectivity index (χ3v) is 4.03. The first-order valence-corrected chi connectivity index (χ1v) is 6.51. The molecule has 2 unspecified atom stereocenters. The van der Waals surface area contributed by atoms with Crippen LogP contribution in [-0.2, 0) is 0 Å². The summed E-state index contributed by atoms with van der Waals surface area (Å²) in [4.78, 5) is 0. The molecular formula is C12H19ClN4. The Morgan fingerprint density at radius 1 is 1.47 bits per heavy atom. The molecule has 4 nitrogen and oxygen atoms in total. The summed E-state index contributed by atoms with van der Waals surface area (Å²) in [6, 6.07) is 3.60. The Hall–Kier alpha value is -0.870. The number of halogens is 1. The monoisotopic (exact) mass is 254 g/mol. The van der Waals surface area contributed by atoms with Crippen LogP contribution in [0.2, 0.25) is 5.15 Å². The molecule has 94 valence electrons. The van der Waals surface area contributed by atoms with Gasteiger partial charge in [-0.05, 0) is 30.9 Å². The molecule has 17 heavy (non-hydrogen) atoms. The summed E-state index contributed by atoms with van der Waals surface area (Å²) in [5.74, 6) is 1.31. The molecule has 1 aromatic rings. The molecule has 1 aromatic heterocycles. The van der Waals surface area contributed by atoms with Crippen LogP contribution in [0.5, 0.6) is 0 Å². The van der Waals surface area contributed by atoms with Gasteiger partial charge in [0.2, 0.25) is 0 Å². The minimum atomic E-state index is -0.0409. The van der Waals surface area contributed by atoms with Crippen molar-refractivity contribution in [3.63, 3.8) is 0 Å². The highest BCUT2D eigenvalue weighted by Gasteiger charge is 2.37. The zero-order valence-corrected chi connectivity index (χ0v) is 10.9. The molecule has 0 amide bonds. The van der Waals surface area contributed by atoms with Crippen molar-refractivity contribution in [2.24, 2.45) is 11.7 Å². The van der Waals surface area contributed by atoms with Crippen molar-refractivity contribution < 1.29 is 0 Å². The van der Waals surface area contributed by atoms with E-state index >= 15 is 0 Å². The molecule has 0 aromatic carbocycles. The molecule has 5 heteroatoms. The predicted octanol–water partition coefficient (Wildman–Crippen LogP) is 2.45. The van der Waals surface area contributed by atoms with Gasteiger partial charge in [0.1, 0.15) is 5.82 Å². The maximum atomic E-state index is 5.97. The molecule has 1 aliphatic rings. The van der Waals surface area contributed by atoms with Crippen LogP contribution in [0.15, 0.2) is 12.1 Å². The van der Waals surface area contributed by atoms with Crippen LogP contribution in [0.3, 0.4) is 0 Å². The van der Waals surface area contributed by atoms with Gasteiger partial charge in [0, 0.05) is 6.54 Å². The fourth-order valence-electron chi connectivity index (χ4n) is 2.59. The normalized spacial score (nSPS) is 29.0. The van der Waals surface area contributed by atoms with Crippen molar-refractivity contribution in [1.82, 2.24) is 10.2 Å². The van der Waals surface area contributed by atoms with E-state index in [-0.39, 0.29) is 5.54 Å². The molecule has 2 atom stereocenters. The van der Waals surface area contributed by atoms with E-state index in [0.717, 1.165) is 12.2 Å². The number of nitrogens with one attached hydrogen (secondary N) is 1. The summed E-state index contributed by atoms with van der Waals surface area (Å²) < 4.78 is 0. The highest BCUT2D eigenvalue weighted by molar-refractivity contribution is 6.29. The highest BCUT2D eigenvalue weighted by Crippen LogP contribution is 2.35. The molecule has 3 N–H and O–H groups in total. The number of anilines is 1. The van der Waals surface area contributed by atoms with Crippen molar-refractivity contribution in [2.75, 3.05) is 11.9 Å². The third kappa shape index (κ3) is 2.69. The maximum absolute atomic E-state index is 5.97. The van der Waals surface area contributed by atoms with Crippen molar-refractivity contribution in [2.45, 2.75) is 38.1 Å². The van der Waals surface area contributed by atoms with Gasteiger partial charge < -0.3 is 11.1 Å². The molecule has 1 aliphatic carbocycles. The molecular weight excluding hydrogens is 236 g/mol. The Morgan fingerprint density at radius 3 is 2.88 bits per heavy atom. The third-order valence-electron chi connectivity index (χ3n) is 3.83. The van der Waals surface area contributed by atoms with E-state index in [4.69, 9.17) is 17.3 Å². The number of rotatable bonds is 3. The molecule has 0 radical (unpaired) electrons. The van der Waals surface area contributed by atoms with E-state index in [1.54, 1.807) is 6.07 Å². The van der Waals surface area contributed by atoms with Crippen molar-refractivity contribution >= 4 is 17.4 Å². The van der Waals surface area contributed by atoms with E-state index in [1.165, 1.54) is 19.3 Å². The second-order valence-electron chi connectivity index (χ2n) is 4.87. The zero-order valence-electron chi connectivity index (χ0n) is 10.1. The van der Waals surface area contributed by atoms with Crippen LogP contribution in [0.1, 0.15) is 32.6 Å². The Bertz CT molecular complexity index is 367. The highest BCUT2D eigenvalue weighted by atomic mass is 35.5. The van der Waals surface area contributed by atoms with Crippen LogP contribution in [0.25, 0.3) is 0 Å². The summed E-state index contributed by atoms with van der Waals surface area (Å²) >= 11 is 5.73. The zero-order chi connectivity index (χ0) is 12.3. The second kappa shape index (κ2) is 5.19. The average Bonchev–Trinajstić information content (AvgIpc) is 2.35. The Labute approximate surface area is 107 Å². The topological polar surface area (TPSA) is 63.8 Å². The van der Waals surface area contributed by atoms with Gasteiger partial charge in [-0.25, -0.2) is 0 Å². The van der Waals surface area contributed by atoms with Crippen LogP contribution < -0.4 is 11.1 Å². The van der Waals surface area contributed by atoms with E-state index in [1.807, 2.05) is 6.07 Å². The van der Waals surface area contributed by atoms with Crippen molar-refractivity contribution in [3.05, 3.63) is 17.3 Å². The number of nitrogens with two attached hydrogens (primary N) is 1. The van der Waals surface area contributed by atoms with Gasteiger partial charge in [0.05, 0.1) is 5.54 Å². The van der Waals surface area contributed by atoms with Crippen LogP contribution in [-0.4, -0.2) is 22.3 Å². The predicted molar refractivity (Wildman–Crippen MR) is 70.1 cm³/mol. The van der Waals surface area contributed by atoms with Gasteiger partial charge in [0.25, 0.3) is 0 Å². The second-order valence-corrected chi connectivity index (χ2v) is 5.26. The number of aromatic nitrogens is 2. The maximum Gasteiger partial charge on any atom is 0.151 e. The summed E-state index contributed by atoms with van der Waals surface area (Å²) in [7, 11) is 0. The molecule has 1 fully saturated rings. The standard InChI is InChI=1S/C12H19ClN4/c1-9-4-2-3-7-12(9,8-14)15-11-6-5-10(13)16-17-11/h5-6,9H,2-4,7-8,14H2,1H3,(H,15,17). The first-order valence-electron chi connectivity index (χ1n) is 6.14. The summed E-state index contributed by atoms with van der Waals surface area (Å²) in [5.41, 5.74) is 5.93. The molecule has 1 heterocycles. The first kappa shape index (κ1) is 12.6. The van der Waals surface area contributed by atoms with Gasteiger partial charge in [-0.3, -0.25) is 0 Å². The van der Waals surface area contributed by atoms with Crippen molar-refractivity contribution in [3.8, 4) is 0 Å². The van der Waals surface area contributed by atoms with Crippen molar-refractivity contribution in [1.29, 1.82) is 0 Å². The van der Waals surface area contributed by atoms with E-state index < -0.39 is 0 Å². The van der Waals surface area contributed by atoms with E-state index in [9.17, 15) is 0 Å². The Morgan fingerprint density at radius 2 is 2.29 bits per heavy atom. The average molecular weight is 255 g/mol. The minimum absolute atomic E-state index is 0.0409. The minimum Gasteiger partial charge on any atom is -0.362 e. The lowest BCUT2D eigenvalue weighted by Gasteiger charge is -2.42. The molecule has 0 bridgehead atoms. The number of hydrogen-bond acceptors (Lipinski definition) is 4. The lowest BCUT2D eigenvalue weighted by atomic mass is 9.73. The molecule has 1 saturated carbocycles.